The third-order valence-corrected chi connectivity index (χ3v) is 8.46. The lowest BCUT2D eigenvalue weighted by molar-refractivity contribution is -0.143. The van der Waals surface area contributed by atoms with Gasteiger partial charge in [0.25, 0.3) is 0 Å². The number of oxazole rings is 1. The van der Waals surface area contributed by atoms with Crippen LogP contribution in [0.25, 0.3) is 11.1 Å². The second-order valence-electron chi connectivity index (χ2n) is 11.5. The Morgan fingerprint density at radius 1 is 0.955 bits per heavy atom. The van der Waals surface area contributed by atoms with Crippen LogP contribution < -0.4 is 11.1 Å². The molecule has 6 rings (SSSR count). The summed E-state index contributed by atoms with van der Waals surface area (Å²) >= 11 is 0. The maximum atomic E-state index is 13.7. The number of carbonyl (C=O) groups is 3. The molecule has 0 bridgehead atoms. The van der Waals surface area contributed by atoms with Crippen molar-refractivity contribution in [2.75, 3.05) is 19.6 Å². The predicted octanol–water partition coefficient (Wildman–Crippen LogP) is 2.60. The average Bonchev–Trinajstić information content (AvgIpc) is 3.56. The molecular weight excluding hydrogens is 562 g/mol. The Labute approximate surface area is 254 Å². The summed E-state index contributed by atoms with van der Waals surface area (Å²) in [5, 5.41) is 7.85. The van der Waals surface area contributed by atoms with E-state index < -0.39 is 17.8 Å². The molecule has 2 aliphatic rings. The minimum atomic E-state index is -0.596. The van der Waals surface area contributed by atoms with E-state index in [-0.39, 0.29) is 37.2 Å². The first kappa shape index (κ1) is 29.3. The van der Waals surface area contributed by atoms with E-state index in [0.717, 1.165) is 18.4 Å². The van der Waals surface area contributed by atoms with Crippen LogP contribution in [0, 0.1) is 6.92 Å². The molecule has 12 nitrogen and oxygen atoms in total. The molecular formula is C32H37N7O5. The average molecular weight is 600 g/mol. The monoisotopic (exact) mass is 599 g/mol. The number of para-hydroxylation sites is 2. The van der Waals surface area contributed by atoms with Gasteiger partial charge in [-0.1, -0.05) is 42.5 Å². The van der Waals surface area contributed by atoms with Gasteiger partial charge >= 0.3 is 5.76 Å². The summed E-state index contributed by atoms with van der Waals surface area (Å²) < 4.78 is 8.44. The number of hydrogen-bond donors (Lipinski definition) is 1. The van der Waals surface area contributed by atoms with Gasteiger partial charge in [0.2, 0.25) is 17.7 Å². The molecule has 1 fully saturated rings. The molecule has 0 spiro atoms. The van der Waals surface area contributed by atoms with Gasteiger partial charge in [0.1, 0.15) is 24.2 Å². The zero-order chi connectivity index (χ0) is 30.6. The van der Waals surface area contributed by atoms with Gasteiger partial charge in [-0.25, -0.2) is 14.5 Å². The smallest absolute Gasteiger partial charge is 0.408 e. The second-order valence-corrected chi connectivity index (χ2v) is 11.5. The Bertz CT molecular complexity index is 1710. The summed E-state index contributed by atoms with van der Waals surface area (Å²) in [5.41, 5.74) is 1.99. The van der Waals surface area contributed by atoms with E-state index in [2.05, 4.69) is 10.4 Å². The highest BCUT2D eigenvalue weighted by molar-refractivity contribution is 5.88. The van der Waals surface area contributed by atoms with E-state index in [0.29, 0.717) is 61.6 Å². The first-order valence-electron chi connectivity index (χ1n) is 15.3. The Hall–Kier alpha value is -4.74. The topological polar surface area (TPSA) is 136 Å². The van der Waals surface area contributed by atoms with Gasteiger partial charge in [0.15, 0.2) is 5.58 Å². The summed E-state index contributed by atoms with van der Waals surface area (Å²) in [6, 6.07) is 15.8. The summed E-state index contributed by atoms with van der Waals surface area (Å²) in [6.45, 7) is 3.06. The van der Waals surface area contributed by atoms with Gasteiger partial charge < -0.3 is 19.5 Å². The SMILES string of the molecule is Cc1nc2n(n1)CCN(C(=O)Cn1c(=O)oc3ccccc31)CCCC(=O)N1CCCC[C@H]1C(=O)N[C@@H]2Cc1ccccc1. The van der Waals surface area contributed by atoms with Crippen LogP contribution in [0.15, 0.2) is 63.8 Å². The van der Waals surface area contributed by atoms with Crippen LogP contribution in [0.1, 0.15) is 55.4 Å². The van der Waals surface area contributed by atoms with Gasteiger partial charge in [0.05, 0.1) is 18.1 Å². The Morgan fingerprint density at radius 3 is 2.59 bits per heavy atom. The number of benzene rings is 2. The first-order valence-corrected chi connectivity index (χ1v) is 15.3. The van der Waals surface area contributed by atoms with Gasteiger partial charge in [-0.15, -0.1) is 0 Å². The molecule has 230 valence electrons. The third-order valence-electron chi connectivity index (χ3n) is 8.46. The lowest BCUT2D eigenvalue weighted by Gasteiger charge is -2.36. The summed E-state index contributed by atoms with van der Waals surface area (Å²) in [7, 11) is 0. The van der Waals surface area contributed by atoms with E-state index in [1.165, 1.54) is 4.57 Å². The van der Waals surface area contributed by atoms with E-state index in [1.807, 2.05) is 30.3 Å². The van der Waals surface area contributed by atoms with E-state index in [9.17, 15) is 19.2 Å². The number of piperidine rings is 1. The molecule has 1 saturated heterocycles. The molecule has 2 aromatic carbocycles. The second kappa shape index (κ2) is 12.9. The number of carbonyl (C=O) groups excluding carboxylic acids is 3. The standard InChI is InChI=1S/C32H37N7O5/c1-22-33-30-24(20-23-10-3-2-4-11-23)34-31(42)26-13-7-8-17-37(26)28(40)15-9-16-36(18-19-39(30)35-22)29(41)21-38-25-12-5-6-14-27(25)44-32(38)43/h2-6,10-12,14,24,26H,7-9,13,15-21H2,1H3,(H,34,42)/t24-,26+/m1/s1. The van der Waals surface area contributed by atoms with Crippen LogP contribution in [0.2, 0.25) is 0 Å². The molecule has 0 radical (unpaired) electrons. The maximum Gasteiger partial charge on any atom is 0.420 e. The quantitative estimate of drug-likeness (QED) is 0.381. The predicted molar refractivity (Wildman–Crippen MR) is 161 cm³/mol. The molecule has 3 amide bonds. The van der Waals surface area contributed by atoms with Crippen LogP contribution in [0.3, 0.4) is 0 Å². The Morgan fingerprint density at radius 2 is 1.75 bits per heavy atom. The Balaban J connectivity index is 1.32. The number of amides is 3. The van der Waals surface area contributed by atoms with Crippen LogP contribution >= 0.6 is 0 Å². The fourth-order valence-electron chi connectivity index (χ4n) is 6.26. The number of hydrogen-bond acceptors (Lipinski definition) is 7. The third kappa shape index (κ3) is 6.29. The van der Waals surface area contributed by atoms with Crippen molar-refractivity contribution in [3.8, 4) is 0 Å². The summed E-state index contributed by atoms with van der Waals surface area (Å²) in [5.74, 6) is 0.0151. The normalized spacial score (nSPS) is 20.1. The molecule has 2 aliphatic heterocycles. The molecule has 0 unspecified atom stereocenters. The molecule has 4 aromatic rings. The summed E-state index contributed by atoms with van der Waals surface area (Å²) in [6.07, 6.45) is 3.43. The number of nitrogens with one attached hydrogen (secondary N) is 1. The van der Waals surface area contributed by atoms with Crippen molar-refractivity contribution < 1.29 is 18.8 Å². The van der Waals surface area contributed by atoms with Gasteiger partial charge in [-0.3, -0.25) is 19.0 Å². The van der Waals surface area contributed by atoms with Crippen molar-refractivity contribution in [1.29, 1.82) is 0 Å². The number of nitrogens with zero attached hydrogens (tertiary/aromatic N) is 6. The zero-order valence-electron chi connectivity index (χ0n) is 24.9. The van der Waals surface area contributed by atoms with E-state index in [1.54, 1.807) is 45.7 Å². The van der Waals surface area contributed by atoms with Crippen LogP contribution in [-0.2, 0) is 33.9 Å². The number of aryl methyl sites for hydroxylation is 1. The fourth-order valence-corrected chi connectivity index (χ4v) is 6.26. The first-order chi connectivity index (χ1) is 21.4. The number of rotatable bonds is 4. The van der Waals surface area contributed by atoms with Gasteiger partial charge in [-0.2, -0.15) is 5.10 Å². The van der Waals surface area contributed by atoms with Crippen LogP contribution in [0.5, 0.6) is 0 Å². The highest BCUT2D eigenvalue weighted by atomic mass is 16.4. The number of fused-ring (bicyclic) bond motifs is 3. The minimum absolute atomic E-state index is 0.0926. The van der Waals surface area contributed by atoms with Gasteiger partial charge in [-0.05, 0) is 56.7 Å². The maximum absolute atomic E-state index is 13.7. The molecule has 4 heterocycles. The van der Waals surface area contributed by atoms with Crippen molar-refractivity contribution in [2.24, 2.45) is 0 Å². The molecule has 44 heavy (non-hydrogen) atoms. The molecule has 12 heteroatoms. The molecule has 0 saturated carbocycles. The van der Waals surface area contributed by atoms with Crippen molar-refractivity contribution in [2.45, 2.75) is 70.6 Å². The lowest BCUT2D eigenvalue weighted by Crippen LogP contribution is -2.53. The zero-order valence-corrected chi connectivity index (χ0v) is 24.9. The van der Waals surface area contributed by atoms with E-state index >= 15 is 0 Å². The molecule has 2 aromatic heterocycles. The molecule has 1 N–H and O–H groups in total. The largest absolute Gasteiger partial charge is 0.420 e. The van der Waals surface area contributed by atoms with Crippen LogP contribution in [-0.4, -0.2) is 72.5 Å². The highest BCUT2D eigenvalue weighted by Crippen LogP contribution is 2.23. The van der Waals surface area contributed by atoms with Crippen molar-refractivity contribution in [3.05, 3.63) is 82.4 Å². The van der Waals surface area contributed by atoms with Crippen molar-refractivity contribution in [1.82, 2.24) is 34.4 Å². The fraction of sp³-hybridized carbons (Fsp3) is 0.438. The van der Waals surface area contributed by atoms with Crippen LogP contribution in [0.4, 0.5) is 0 Å². The minimum Gasteiger partial charge on any atom is -0.408 e. The van der Waals surface area contributed by atoms with Gasteiger partial charge in [0, 0.05) is 26.1 Å². The molecule has 0 aliphatic carbocycles. The Kier molecular flexibility index (Phi) is 8.58. The van der Waals surface area contributed by atoms with Crippen molar-refractivity contribution >= 4 is 28.8 Å². The molecule has 2 atom stereocenters. The summed E-state index contributed by atoms with van der Waals surface area (Å²) in [4.78, 5) is 61.6. The lowest BCUT2D eigenvalue weighted by atomic mass is 9.99. The van der Waals surface area contributed by atoms with E-state index in [4.69, 9.17) is 9.40 Å². The highest BCUT2D eigenvalue weighted by Gasteiger charge is 2.34. The number of aromatic nitrogens is 4. The van der Waals surface area contributed by atoms with Crippen molar-refractivity contribution in [3.63, 3.8) is 0 Å².